The molecule has 6 nitrogen and oxygen atoms in total. The molecule has 0 spiro atoms. The van der Waals surface area contributed by atoms with E-state index in [9.17, 15) is 4.79 Å². The van der Waals surface area contributed by atoms with Crippen molar-refractivity contribution in [2.75, 3.05) is 12.0 Å². The third-order valence-corrected chi connectivity index (χ3v) is 6.54. The van der Waals surface area contributed by atoms with Crippen LogP contribution >= 0.6 is 12.2 Å². The lowest BCUT2D eigenvalue weighted by molar-refractivity contribution is 0.0600. The highest BCUT2D eigenvalue weighted by atomic mass is 32.1. The van der Waals surface area contributed by atoms with Gasteiger partial charge in [-0.15, -0.1) is 0 Å². The molecule has 2 atom stereocenters. The zero-order valence-electron chi connectivity index (χ0n) is 19.5. The van der Waals surface area contributed by atoms with Gasteiger partial charge >= 0.3 is 5.97 Å². The van der Waals surface area contributed by atoms with Gasteiger partial charge in [-0.05, 0) is 72.7 Å². The molecule has 3 heterocycles. The van der Waals surface area contributed by atoms with Crippen molar-refractivity contribution in [3.63, 3.8) is 0 Å². The average Bonchev–Trinajstić information content (AvgIpc) is 3.53. The SMILES string of the molecule is CCc1ccc(N2C(=S)N[C@H](c3ccccn3)[C@@H]2c2ccc(-c3ccc(C(=O)OC)cc3)o2)cc1. The second-order valence-corrected chi connectivity index (χ2v) is 8.67. The summed E-state index contributed by atoms with van der Waals surface area (Å²) in [4.78, 5) is 18.5. The van der Waals surface area contributed by atoms with Crippen molar-refractivity contribution in [1.29, 1.82) is 0 Å². The maximum Gasteiger partial charge on any atom is 0.337 e. The number of thiocarbonyl (C=S) groups is 1. The first-order valence-corrected chi connectivity index (χ1v) is 11.9. The number of furan rings is 1. The van der Waals surface area contributed by atoms with Crippen LogP contribution in [0.5, 0.6) is 0 Å². The van der Waals surface area contributed by atoms with E-state index in [4.69, 9.17) is 21.4 Å². The Morgan fingerprint density at radius 1 is 1.06 bits per heavy atom. The van der Waals surface area contributed by atoms with Crippen molar-refractivity contribution >= 4 is 29.0 Å². The highest BCUT2D eigenvalue weighted by Gasteiger charge is 2.42. The first-order valence-electron chi connectivity index (χ1n) is 11.5. The van der Waals surface area contributed by atoms with E-state index in [2.05, 4.69) is 46.4 Å². The number of aromatic nitrogens is 1. The molecule has 1 aliphatic heterocycles. The van der Waals surface area contributed by atoms with E-state index < -0.39 is 0 Å². The standard InChI is InChI=1S/C28H25N3O3S/c1-3-18-7-13-21(14-8-18)31-26(25(30-28(31)35)22-6-4-5-17-29-22)24-16-15-23(34-24)19-9-11-20(12-10-19)27(32)33-2/h4-17,25-26H,3H2,1-2H3,(H,30,35)/t25-,26+/m1/s1. The molecule has 1 aliphatic rings. The van der Waals surface area contributed by atoms with Crippen LogP contribution in [0.4, 0.5) is 5.69 Å². The quantitative estimate of drug-likeness (QED) is 0.272. The molecular weight excluding hydrogens is 458 g/mol. The van der Waals surface area contributed by atoms with Crippen LogP contribution in [0, 0.1) is 0 Å². The summed E-state index contributed by atoms with van der Waals surface area (Å²) in [5.41, 5.74) is 4.49. The van der Waals surface area contributed by atoms with Crippen molar-refractivity contribution in [3.05, 3.63) is 108 Å². The molecule has 0 aliphatic carbocycles. The van der Waals surface area contributed by atoms with Crippen LogP contribution in [0.3, 0.4) is 0 Å². The first kappa shape index (κ1) is 22.8. The zero-order chi connectivity index (χ0) is 24.4. The summed E-state index contributed by atoms with van der Waals surface area (Å²) >= 11 is 5.79. The average molecular weight is 484 g/mol. The minimum atomic E-state index is -0.370. The predicted octanol–water partition coefficient (Wildman–Crippen LogP) is 5.87. The fourth-order valence-corrected chi connectivity index (χ4v) is 4.72. The number of hydrogen-bond donors (Lipinski definition) is 1. The lowest BCUT2D eigenvalue weighted by Gasteiger charge is -2.26. The van der Waals surface area contributed by atoms with Crippen molar-refractivity contribution < 1.29 is 13.9 Å². The van der Waals surface area contributed by atoms with E-state index in [1.54, 1.807) is 18.3 Å². The smallest absolute Gasteiger partial charge is 0.337 e. The van der Waals surface area contributed by atoms with E-state index in [0.717, 1.165) is 29.1 Å². The minimum Gasteiger partial charge on any atom is -0.465 e. The third-order valence-electron chi connectivity index (χ3n) is 6.23. The van der Waals surface area contributed by atoms with E-state index in [1.165, 1.54) is 12.7 Å². The van der Waals surface area contributed by atoms with E-state index in [-0.39, 0.29) is 18.1 Å². The maximum atomic E-state index is 11.8. The second-order valence-electron chi connectivity index (χ2n) is 8.29. The molecule has 0 bridgehead atoms. The zero-order valence-corrected chi connectivity index (χ0v) is 20.3. The Morgan fingerprint density at radius 3 is 2.49 bits per heavy atom. The monoisotopic (exact) mass is 483 g/mol. The number of anilines is 1. The van der Waals surface area contributed by atoms with Gasteiger partial charge in [-0.3, -0.25) is 4.98 Å². The van der Waals surface area contributed by atoms with Crippen molar-refractivity contribution in [1.82, 2.24) is 10.3 Å². The molecule has 7 heteroatoms. The lowest BCUT2D eigenvalue weighted by atomic mass is 10.0. The van der Waals surface area contributed by atoms with E-state index in [1.807, 2.05) is 42.5 Å². The molecule has 0 unspecified atom stereocenters. The number of rotatable bonds is 6. The van der Waals surface area contributed by atoms with Crippen molar-refractivity contribution in [3.8, 4) is 11.3 Å². The van der Waals surface area contributed by atoms with Crippen LogP contribution in [0.15, 0.2) is 89.5 Å². The number of nitrogens with one attached hydrogen (secondary N) is 1. The van der Waals surface area contributed by atoms with Gasteiger partial charge < -0.3 is 19.4 Å². The van der Waals surface area contributed by atoms with Gasteiger partial charge in [0, 0.05) is 17.4 Å². The number of esters is 1. The summed E-state index contributed by atoms with van der Waals surface area (Å²) in [6.45, 7) is 2.14. The molecule has 1 fully saturated rings. The molecule has 176 valence electrons. The molecule has 0 saturated carbocycles. The van der Waals surface area contributed by atoms with E-state index in [0.29, 0.717) is 16.4 Å². The Kier molecular flexibility index (Phi) is 6.33. The van der Waals surface area contributed by atoms with Gasteiger partial charge in [-0.25, -0.2) is 4.79 Å². The lowest BCUT2D eigenvalue weighted by Crippen LogP contribution is -2.29. The van der Waals surface area contributed by atoms with Gasteiger partial charge in [0.05, 0.1) is 24.4 Å². The molecular formula is C28H25N3O3S. The summed E-state index contributed by atoms with van der Waals surface area (Å²) in [5, 5.41) is 4.08. The molecule has 1 N–H and O–H groups in total. The van der Waals surface area contributed by atoms with Gasteiger partial charge in [-0.2, -0.15) is 0 Å². The van der Waals surface area contributed by atoms with Gasteiger partial charge in [0.15, 0.2) is 5.11 Å². The molecule has 0 amide bonds. The van der Waals surface area contributed by atoms with Crippen LogP contribution in [0.25, 0.3) is 11.3 Å². The van der Waals surface area contributed by atoms with Gasteiger partial charge in [0.1, 0.15) is 17.6 Å². The Morgan fingerprint density at radius 2 is 1.83 bits per heavy atom. The highest BCUT2D eigenvalue weighted by Crippen LogP contribution is 2.43. The number of ether oxygens (including phenoxy) is 1. The first-order chi connectivity index (χ1) is 17.1. The summed E-state index contributed by atoms with van der Waals surface area (Å²) in [6.07, 6.45) is 2.76. The number of aryl methyl sites for hydroxylation is 1. The molecule has 2 aromatic carbocycles. The van der Waals surface area contributed by atoms with Gasteiger partial charge in [0.25, 0.3) is 0 Å². The number of nitrogens with zero attached hydrogens (tertiary/aromatic N) is 2. The molecule has 0 radical (unpaired) electrons. The second kappa shape index (κ2) is 9.72. The van der Waals surface area contributed by atoms with Crippen LogP contribution in [0.2, 0.25) is 0 Å². The molecule has 35 heavy (non-hydrogen) atoms. The number of carbonyl (C=O) groups excluding carboxylic acids is 1. The van der Waals surface area contributed by atoms with Crippen LogP contribution in [-0.4, -0.2) is 23.2 Å². The highest BCUT2D eigenvalue weighted by molar-refractivity contribution is 7.80. The van der Waals surface area contributed by atoms with Gasteiger partial charge in [0.2, 0.25) is 0 Å². The fourth-order valence-electron chi connectivity index (χ4n) is 4.37. The number of carbonyl (C=O) groups is 1. The number of benzene rings is 2. The summed E-state index contributed by atoms with van der Waals surface area (Å²) in [5.74, 6) is 1.10. The number of pyridine rings is 1. The van der Waals surface area contributed by atoms with Crippen molar-refractivity contribution in [2.45, 2.75) is 25.4 Å². The fraction of sp³-hybridized carbons (Fsp3) is 0.179. The van der Waals surface area contributed by atoms with Crippen LogP contribution in [0.1, 0.15) is 46.4 Å². The molecule has 2 aromatic heterocycles. The third kappa shape index (κ3) is 4.42. The Hall–Kier alpha value is -3.97. The minimum absolute atomic E-state index is 0.185. The van der Waals surface area contributed by atoms with Gasteiger partial charge in [-0.1, -0.05) is 37.3 Å². The number of hydrogen-bond acceptors (Lipinski definition) is 5. The predicted molar refractivity (Wildman–Crippen MR) is 139 cm³/mol. The molecule has 5 rings (SSSR count). The summed E-state index contributed by atoms with van der Waals surface area (Å²) in [6, 6.07) is 25.0. The normalized spacial score (nSPS) is 17.3. The topological polar surface area (TPSA) is 67.6 Å². The number of methoxy groups -OCH3 is 1. The molecule has 4 aromatic rings. The molecule has 1 saturated heterocycles. The summed E-state index contributed by atoms with van der Waals surface area (Å²) < 4.78 is 11.2. The van der Waals surface area contributed by atoms with Crippen molar-refractivity contribution in [2.24, 2.45) is 0 Å². The Balaban J connectivity index is 1.53. The Bertz CT molecular complexity index is 1330. The summed E-state index contributed by atoms with van der Waals surface area (Å²) in [7, 11) is 1.37. The largest absolute Gasteiger partial charge is 0.465 e. The van der Waals surface area contributed by atoms with Crippen LogP contribution < -0.4 is 10.2 Å². The Labute approximate surface area is 209 Å². The van der Waals surface area contributed by atoms with E-state index >= 15 is 0 Å². The maximum absolute atomic E-state index is 11.8. The van der Waals surface area contributed by atoms with Crippen LogP contribution in [-0.2, 0) is 11.2 Å².